The molecule has 1 aliphatic heterocycles. The molecule has 1 saturated heterocycles. The number of carbonyl (C=O) groups is 1. The number of halogens is 1. The van der Waals surface area contributed by atoms with Gasteiger partial charge < -0.3 is 14.4 Å². The predicted octanol–water partition coefficient (Wildman–Crippen LogP) is 4.16. The van der Waals surface area contributed by atoms with Gasteiger partial charge in [0.1, 0.15) is 5.82 Å². The molecule has 0 bridgehead atoms. The lowest BCUT2D eigenvalue weighted by Gasteiger charge is -2.19. The number of anilines is 1. The van der Waals surface area contributed by atoms with E-state index in [0.717, 1.165) is 42.1 Å². The molecule has 28 heavy (non-hydrogen) atoms. The van der Waals surface area contributed by atoms with Crippen molar-refractivity contribution in [3.05, 3.63) is 59.4 Å². The highest BCUT2D eigenvalue weighted by Gasteiger charge is 2.35. The quantitative estimate of drug-likeness (QED) is 0.628. The smallest absolute Gasteiger partial charge is 0.227 e. The van der Waals surface area contributed by atoms with Crippen LogP contribution in [0.25, 0.3) is 11.0 Å². The van der Waals surface area contributed by atoms with Crippen molar-refractivity contribution in [3.63, 3.8) is 0 Å². The number of aromatic nitrogens is 2. The van der Waals surface area contributed by atoms with Crippen molar-refractivity contribution in [1.29, 1.82) is 0 Å². The van der Waals surface area contributed by atoms with Crippen LogP contribution in [0.15, 0.2) is 48.5 Å². The molecule has 0 radical (unpaired) electrons. The highest BCUT2D eigenvalue weighted by Crippen LogP contribution is 2.36. The van der Waals surface area contributed by atoms with E-state index < -0.39 is 0 Å². The second-order valence-electron chi connectivity index (χ2n) is 7.62. The molecule has 2 aromatic carbocycles. The summed E-state index contributed by atoms with van der Waals surface area (Å²) in [7, 11) is 4.17. The number of amides is 1. The average molecular weight is 397 g/mol. The highest BCUT2D eigenvalue weighted by atomic mass is 35.5. The average Bonchev–Trinajstić information content (AvgIpc) is 3.23. The van der Waals surface area contributed by atoms with E-state index in [9.17, 15) is 4.79 Å². The van der Waals surface area contributed by atoms with Gasteiger partial charge in [0, 0.05) is 25.4 Å². The molecule has 6 heteroatoms. The second-order valence-corrected chi connectivity index (χ2v) is 8.03. The first kappa shape index (κ1) is 19.0. The van der Waals surface area contributed by atoms with Crippen LogP contribution >= 0.6 is 11.6 Å². The van der Waals surface area contributed by atoms with E-state index in [-0.39, 0.29) is 11.8 Å². The molecule has 1 amide bonds. The molecular formula is C22H25ClN4O. The number of benzene rings is 2. The Hall–Kier alpha value is -2.37. The van der Waals surface area contributed by atoms with Gasteiger partial charge >= 0.3 is 0 Å². The van der Waals surface area contributed by atoms with Crippen LogP contribution in [0.4, 0.5) is 5.69 Å². The molecule has 4 rings (SSSR count). The van der Waals surface area contributed by atoms with Gasteiger partial charge in [-0.15, -0.1) is 0 Å². The van der Waals surface area contributed by atoms with Crippen LogP contribution < -0.4 is 4.90 Å². The minimum absolute atomic E-state index is 0.0653. The maximum Gasteiger partial charge on any atom is 0.227 e. The van der Waals surface area contributed by atoms with Crippen molar-refractivity contribution < 1.29 is 4.79 Å². The Morgan fingerprint density at radius 1 is 1.14 bits per heavy atom. The SMILES string of the molecule is CN(C)CCCn1c([C@@H]2CC(=O)N(c3ccccc3Cl)C2)nc2ccccc21. The predicted molar refractivity (Wildman–Crippen MR) is 114 cm³/mol. The number of rotatable bonds is 6. The van der Waals surface area contributed by atoms with Crippen LogP contribution in [0.3, 0.4) is 0 Å². The second kappa shape index (κ2) is 7.94. The third-order valence-corrected chi connectivity index (χ3v) is 5.62. The summed E-state index contributed by atoms with van der Waals surface area (Å²) in [5, 5.41) is 0.607. The number of para-hydroxylation sites is 3. The molecule has 1 aliphatic rings. The van der Waals surface area contributed by atoms with Crippen molar-refractivity contribution in [2.45, 2.75) is 25.3 Å². The topological polar surface area (TPSA) is 41.4 Å². The van der Waals surface area contributed by atoms with Crippen molar-refractivity contribution >= 4 is 34.2 Å². The van der Waals surface area contributed by atoms with Crippen molar-refractivity contribution in [2.75, 3.05) is 32.1 Å². The zero-order valence-electron chi connectivity index (χ0n) is 16.3. The Balaban J connectivity index is 1.65. The van der Waals surface area contributed by atoms with Gasteiger partial charge in [-0.05, 0) is 51.3 Å². The number of imidazole rings is 1. The molecule has 5 nitrogen and oxygen atoms in total. The van der Waals surface area contributed by atoms with Gasteiger partial charge in [0.15, 0.2) is 0 Å². The summed E-state index contributed by atoms with van der Waals surface area (Å²) in [6.07, 6.45) is 1.50. The fraction of sp³-hybridized carbons (Fsp3) is 0.364. The molecule has 1 aromatic heterocycles. The summed E-state index contributed by atoms with van der Waals surface area (Å²) >= 11 is 6.34. The maximum atomic E-state index is 12.8. The fourth-order valence-corrected chi connectivity index (χ4v) is 4.21. The third-order valence-electron chi connectivity index (χ3n) is 5.30. The van der Waals surface area contributed by atoms with Crippen LogP contribution in [-0.2, 0) is 11.3 Å². The van der Waals surface area contributed by atoms with Gasteiger partial charge in [-0.3, -0.25) is 4.79 Å². The summed E-state index contributed by atoms with van der Waals surface area (Å²) in [6, 6.07) is 15.8. The van der Waals surface area contributed by atoms with E-state index in [0.29, 0.717) is 18.0 Å². The Morgan fingerprint density at radius 2 is 1.89 bits per heavy atom. The summed E-state index contributed by atoms with van der Waals surface area (Å²) in [5.41, 5.74) is 2.91. The van der Waals surface area contributed by atoms with E-state index in [2.05, 4.69) is 29.6 Å². The fourth-order valence-electron chi connectivity index (χ4n) is 3.97. The van der Waals surface area contributed by atoms with E-state index in [4.69, 9.17) is 16.6 Å². The molecule has 0 unspecified atom stereocenters. The first-order chi connectivity index (χ1) is 13.5. The summed E-state index contributed by atoms with van der Waals surface area (Å²) in [6.45, 7) is 2.52. The number of hydrogen-bond donors (Lipinski definition) is 0. The summed E-state index contributed by atoms with van der Waals surface area (Å²) in [4.78, 5) is 21.7. The molecule has 3 aromatic rings. The first-order valence-electron chi connectivity index (χ1n) is 9.69. The number of fused-ring (bicyclic) bond motifs is 1. The van der Waals surface area contributed by atoms with Crippen molar-refractivity contribution in [3.8, 4) is 0 Å². The minimum Gasteiger partial charge on any atom is -0.328 e. The Morgan fingerprint density at radius 3 is 2.68 bits per heavy atom. The lowest BCUT2D eigenvalue weighted by molar-refractivity contribution is -0.117. The Labute approximate surface area is 170 Å². The normalized spacial score (nSPS) is 17.2. The molecule has 146 valence electrons. The van der Waals surface area contributed by atoms with Crippen molar-refractivity contribution in [1.82, 2.24) is 14.5 Å². The van der Waals surface area contributed by atoms with Crippen LogP contribution in [0, 0.1) is 0 Å². The van der Waals surface area contributed by atoms with Crippen LogP contribution in [0.1, 0.15) is 24.6 Å². The molecule has 2 heterocycles. The molecule has 0 spiro atoms. The minimum atomic E-state index is 0.0653. The van der Waals surface area contributed by atoms with Gasteiger partial charge in [0.25, 0.3) is 0 Å². The molecule has 0 N–H and O–H groups in total. The lowest BCUT2D eigenvalue weighted by Crippen LogP contribution is -2.25. The number of aryl methyl sites for hydroxylation is 1. The summed E-state index contributed by atoms with van der Waals surface area (Å²) < 4.78 is 2.30. The zero-order valence-corrected chi connectivity index (χ0v) is 17.1. The summed E-state index contributed by atoms with van der Waals surface area (Å²) in [5.74, 6) is 1.17. The van der Waals surface area contributed by atoms with Crippen LogP contribution in [0.2, 0.25) is 5.02 Å². The standard InChI is InChI=1S/C22H25ClN4O/c1-25(2)12-7-13-26-20-11-6-4-9-18(20)24-22(26)16-14-21(28)27(15-16)19-10-5-3-8-17(19)23/h3-6,8-11,16H,7,12-15H2,1-2H3/t16-/m1/s1. The van der Waals surface area contributed by atoms with Gasteiger partial charge in [0.2, 0.25) is 5.91 Å². The van der Waals surface area contributed by atoms with Crippen LogP contribution in [-0.4, -0.2) is 47.5 Å². The van der Waals surface area contributed by atoms with Gasteiger partial charge in [-0.1, -0.05) is 35.9 Å². The van der Waals surface area contributed by atoms with Crippen LogP contribution in [0.5, 0.6) is 0 Å². The zero-order chi connectivity index (χ0) is 19.7. The number of carbonyl (C=O) groups excluding carboxylic acids is 1. The first-order valence-corrected chi connectivity index (χ1v) is 10.1. The number of nitrogens with zero attached hydrogens (tertiary/aromatic N) is 4. The molecular weight excluding hydrogens is 372 g/mol. The van der Waals surface area contributed by atoms with Crippen molar-refractivity contribution in [2.24, 2.45) is 0 Å². The van der Waals surface area contributed by atoms with E-state index in [1.807, 2.05) is 42.5 Å². The van der Waals surface area contributed by atoms with Gasteiger partial charge in [-0.25, -0.2) is 4.98 Å². The van der Waals surface area contributed by atoms with E-state index in [1.54, 1.807) is 4.90 Å². The number of hydrogen-bond acceptors (Lipinski definition) is 3. The van der Waals surface area contributed by atoms with Gasteiger partial charge in [0.05, 0.1) is 21.7 Å². The third kappa shape index (κ3) is 3.64. The molecule has 1 atom stereocenters. The maximum absolute atomic E-state index is 12.8. The van der Waals surface area contributed by atoms with E-state index in [1.165, 1.54) is 0 Å². The lowest BCUT2D eigenvalue weighted by atomic mass is 10.1. The largest absolute Gasteiger partial charge is 0.328 e. The van der Waals surface area contributed by atoms with Gasteiger partial charge in [-0.2, -0.15) is 0 Å². The Bertz CT molecular complexity index is 997. The molecule has 0 aliphatic carbocycles. The Kier molecular flexibility index (Phi) is 5.38. The molecule has 0 saturated carbocycles. The molecule has 1 fully saturated rings. The monoisotopic (exact) mass is 396 g/mol. The highest BCUT2D eigenvalue weighted by molar-refractivity contribution is 6.33. The van der Waals surface area contributed by atoms with E-state index >= 15 is 0 Å².